The van der Waals surface area contributed by atoms with Crippen molar-refractivity contribution in [2.45, 2.75) is 24.0 Å². The van der Waals surface area contributed by atoms with Crippen LogP contribution in [0.4, 0.5) is 23.2 Å². The Morgan fingerprint density at radius 1 is 1.24 bits per heavy atom. The van der Waals surface area contributed by atoms with E-state index in [0.29, 0.717) is 23.7 Å². The number of alkyl halides is 3. The van der Waals surface area contributed by atoms with E-state index in [1.54, 1.807) is 11.0 Å². The first-order valence-electron chi connectivity index (χ1n) is 7.59. The van der Waals surface area contributed by atoms with Gasteiger partial charge in [-0.15, -0.1) is 0 Å². The molecule has 1 amide bonds. The first kappa shape index (κ1) is 17.7. The molecule has 8 heteroatoms. The average molecular weight is 370 g/mol. The van der Waals surface area contributed by atoms with Crippen LogP contribution in [0.15, 0.2) is 41.6 Å². The molecule has 1 aliphatic heterocycles. The number of amides is 1. The predicted octanol–water partition coefficient (Wildman–Crippen LogP) is 4.31. The topological polar surface area (TPSA) is 33.2 Å². The fraction of sp³-hybridized carbons (Fsp3) is 0.294. The molecule has 0 N–H and O–H groups in total. The number of benzene rings is 1. The first-order chi connectivity index (χ1) is 11.8. The SMILES string of the molecule is O=C(CSc1ccc(C(F)(F)F)cn1)N1CCCc2cc(F)ccc21. The van der Waals surface area contributed by atoms with Crippen molar-refractivity contribution in [1.29, 1.82) is 0 Å². The van der Waals surface area contributed by atoms with Crippen molar-refractivity contribution in [3.05, 3.63) is 53.5 Å². The highest BCUT2D eigenvalue weighted by molar-refractivity contribution is 7.99. The molecule has 2 aromatic rings. The van der Waals surface area contributed by atoms with Gasteiger partial charge in [0.25, 0.3) is 0 Å². The molecular weight excluding hydrogens is 356 g/mol. The molecule has 25 heavy (non-hydrogen) atoms. The molecule has 3 rings (SSSR count). The molecule has 0 radical (unpaired) electrons. The fourth-order valence-electron chi connectivity index (χ4n) is 2.67. The van der Waals surface area contributed by atoms with Crippen LogP contribution in [0.25, 0.3) is 0 Å². The molecular formula is C17H14F4N2OS. The van der Waals surface area contributed by atoms with Gasteiger partial charge in [-0.2, -0.15) is 13.2 Å². The maximum atomic E-state index is 13.3. The summed E-state index contributed by atoms with van der Waals surface area (Å²) in [5, 5.41) is 0.345. The normalized spacial score (nSPS) is 14.3. The number of fused-ring (bicyclic) bond motifs is 1. The molecule has 2 heterocycles. The minimum Gasteiger partial charge on any atom is -0.311 e. The van der Waals surface area contributed by atoms with E-state index in [2.05, 4.69) is 4.98 Å². The van der Waals surface area contributed by atoms with Gasteiger partial charge in [0, 0.05) is 18.4 Å². The lowest BCUT2D eigenvalue weighted by Gasteiger charge is -2.29. The molecule has 132 valence electrons. The summed E-state index contributed by atoms with van der Waals surface area (Å²) < 4.78 is 50.8. The Labute approximate surface area is 146 Å². The number of halogens is 4. The van der Waals surface area contributed by atoms with Gasteiger partial charge in [0.2, 0.25) is 5.91 Å². The molecule has 0 saturated heterocycles. The summed E-state index contributed by atoms with van der Waals surface area (Å²) in [6, 6.07) is 6.52. The highest BCUT2D eigenvalue weighted by Gasteiger charge is 2.30. The zero-order valence-electron chi connectivity index (χ0n) is 13.0. The van der Waals surface area contributed by atoms with Crippen molar-refractivity contribution in [2.75, 3.05) is 17.2 Å². The van der Waals surface area contributed by atoms with Gasteiger partial charge in [-0.3, -0.25) is 4.79 Å². The van der Waals surface area contributed by atoms with Crippen LogP contribution in [-0.4, -0.2) is 23.2 Å². The first-order valence-corrected chi connectivity index (χ1v) is 8.58. The molecule has 0 fully saturated rings. The number of anilines is 1. The van der Waals surface area contributed by atoms with Gasteiger partial charge in [-0.1, -0.05) is 11.8 Å². The molecule has 1 aliphatic rings. The number of aryl methyl sites for hydroxylation is 1. The number of carbonyl (C=O) groups excluding carboxylic acids is 1. The summed E-state index contributed by atoms with van der Waals surface area (Å²) in [7, 11) is 0. The minimum atomic E-state index is -4.43. The molecule has 1 aromatic carbocycles. The van der Waals surface area contributed by atoms with Crippen LogP contribution in [-0.2, 0) is 17.4 Å². The Morgan fingerprint density at radius 3 is 2.72 bits per heavy atom. The van der Waals surface area contributed by atoms with Crippen molar-refractivity contribution in [3.8, 4) is 0 Å². The summed E-state index contributed by atoms with van der Waals surface area (Å²) >= 11 is 1.08. The minimum absolute atomic E-state index is 0.0508. The summed E-state index contributed by atoms with van der Waals surface area (Å²) in [4.78, 5) is 17.8. The van der Waals surface area contributed by atoms with Gasteiger partial charge < -0.3 is 4.90 Å². The van der Waals surface area contributed by atoms with E-state index in [0.717, 1.165) is 36.0 Å². The van der Waals surface area contributed by atoms with E-state index in [9.17, 15) is 22.4 Å². The summed E-state index contributed by atoms with van der Waals surface area (Å²) in [5.74, 6) is -0.467. The molecule has 1 aromatic heterocycles. The number of aromatic nitrogens is 1. The van der Waals surface area contributed by atoms with Crippen LogP contribution in [0, 0.1) is 5.82 Å². The van der Waals surface area contributed by atoms with Crippen molar-refractivity contribution in [2.24, 2.45) is 0 Å². The quantitative estimate of drug-likeness (QED) is 0.596. The largest absolute Gasteiger partial charge is 0.417 e. The molecule has 3 nitrogen and oxygen atoms in total. The van der Waals surface area contributed by atoms with Gasteiger partial charge in [-0.05, 0) is 48.7 Å². The summed E-state index contributed by atoms with van der Waals surface area (Å²) in [6.45, 7) is 0.540. The smallest absolute Gasteiger partial charge is 0.311 e. The number of rotatable bonds is 3. The monoisotopic (exact) mass is 370 g/mol. The second-order valence-electron chi connectivity index (χ2n) is 5.59. The average Bonchev–Trinajstić information content (AvgIpc) is 2.58. The van der Waals surface area contributed by atoms with Crippen LogP contribution < -0.4 is 4.90 Å². The number of nitrogens with zero attached hydrogens (tertiary/aromatic N) is 2. The van der Waals surface area contributed by atoms with E-state index in [1.165, 1.54) is 18.2 Å². The molecule has 0 bridgehead atoms. The molecule has 0 aliphatic carbocycles. The number of hydrogen-bond acceptors (Lipinski definition) is 3. The predicted molar refractivity (Wildman–Crippen MR) is 87.0 cm³/mol. The number of thioether (sulfide) groups is 1. The molecule has 0 atom stereocenters. The van der Waals surface area contributed by atoms with Crippen molar-refractivity contribution in [3.63, 3.8) is 0 Å². The third-order valence-electron chi connectivity index (χ3n) is 3.87. The lowest BCUT2D eigenvalue weighted by atomic mass is 10.0. The second-order valence-corrected chi connectivity index (χ2v) is 6.59. The van der Waals surface area contributed by atoms with Crippen LogP contribution in [0.3, 0.4) is 0 Å². The maximum absolute atomic E-state index is 13.3. The van der Waals surface area contributed by atoms with E-state index in [4.69, 9.17) is 0 Å². The summed E-state index contributed by atoms with van der Waals surface area (Å²) in [5.41, 5.74) is 0.658. The number of pyridine rings is 1. The van der Waals surface area contributed by atoms with E-state index in [1.807, 2.05) is 0 Å². The molecule has 0 unspecified atom stereocenters. The fourth-order valence-corrected chi connectivity index (χ4v) is 3.39. The Morgan fingerprint density at radius 2 is 2.04 bits per heavy atom. The zero-order chi connectivity index (χ0) is 18.0. The van der Waals surface area contributed by atoms with Crippen LogP contribution >= 0.6 is 11.8 Å². The van der Waals surface area contributed by atoms with Crippen LogP contribution in [0.1, 0.15) is 17.5 Å². The van der Waals surface area contributed by atoms with E-state index < -0.39 is 11.7 Å². The highest BCUT2D eigenvalue weighted by Crippen LogP contribution is 2.31. The van der Waals surface area contributed by atoms with Gasteiger partial charge in [0.05, 0.1) is 16.3 Å². The summed E-state index contributed by atoms with van der Waals surface area (Å²) in [6.07, 6.45) is -2.22. The van der Waals surface area contributed by atoms with Crippen LogP contribution in [0.2, 0.25) is 0 Å². The van der Waals surface area contributed by atoms with Crippen LogP contribution in [0.5, 0.6) is 0 Å². The molecule has 0 saturated carbocycles. The van der Waals surface area contributed by atoms with Gasteiger partial charge in [-0.25, -0.2) is 9.37 Å². The molecule has 0 spiro atoms. The number of hydrogen-bond donors (Lipinski definition) is 0. The second kappa shape index (κ2) is 7.03. The third-order valence-corrected chi connectivity index (χ3v) is 4.80. The Kier molecular flexibility index (Phi) is 4.99. The highest BCUT2D eigenvalue weighted by atomic mass is 32.2. The van der Waals surface area contributed by atoms with Gasteiger partial charge in [0.15, 0.2) is 0 Å². The lowest BCUT2D eigenvalue weighted by Crippen LogP contribution is -2.36. The van der Waals surface area contributed by atoms with E-state index >= 15 is 0 Å². The Balaban J connectivity index is 1.66. The van der Waals surface area contributed by atoms with Crippen molar-refractivity contribution in [1.82, 2.24) is 4.98 Å². The Hall–Kier alpha value is -2.09. The third kappa shape index (κ3) is 4.12. The maximum Gasteiger partial charge on any atom is 0.417 e. The number of carbonyl (C=O) groups is 1. The lowest BCUT2D eigenvalue weighted by molar-refractivity contribution is -0.137. The van der Waals surface area contributed by atoms with Crippen molar-refractivity contribution >= 4 is 23.4 Å². The standard InChI is InChI=1S/C17H14F4N2OS/c18-13-4-5-14-11(8-13)2-1-7-23(14)16(24)10-25-15-6-3-12(9-22-15)17(19,20)21/h3-6,8-9H,1-2,7,10H2. The Bertz CT molecular complexity index is 777. The zero-order valence-corrected chi connectivity index (χ0v) is 13.8. The van der Waals surface area contributed by atoms with Crippen molar-refractivity contribution < 1.29 is 22.4 Å². The van der Waals surface area contributed by atoms with E-state index in [-0.39, 0.29) is 17.5 Å². The van der Waals surface area contributed by atoms with Gasteiger partial charge in [0.1, 0.15) is 5.82 Å². The van der Waals surface area contributed by atoms with Gasteiger partial charge >= 0.3 is 6.18 Å².